The van der Waals surface area contributed by atoms with E-state index in [4.69, 9.17) is 21.3 Å². The van der Waals surface area contributed by atoms with Crippen LogP contribution in [0.4, 0.5) is 0 Å². The normalized spacial score (nSPS) is 12.1. The fraction of sp³-hybridized carbons (Fsp3) is 0.562. The molecule has 20 heavy (non-hydrogen) atoms. The van der Waals surface area contributed by atoms with Gasteiger partial charge in [0.05, 0.1) is 18.1 Å². The van der Waals surface area contributed by atoms with Gasteiger partial charge in [0.2, 0.25) is 0 Å². The molecule has 2 rings (SSSR count). The van der Waals surface area contributed by atoms with Gasteiger partial charge in [-0.3, -0.25) is 0 Å². The van der Waals surface area contributed by atoms with Gasteiger partial charge in [0.15, 0.2) is 0 Å². The fourth-order valence-corrected chi connectivity index (χ4v) is 3.05. The molecule has 0 radical (unpaired) electrons. The molecule has 0 aliphatic carbocycles. The number of fused-ring (bicyclic) bond motifs is 1. The molecule has 1 aromatic heterocycles. The molecule has 0 spiro atoms. The first kappa shape index (κ1) is 15.2. The van der Waals surface area contributed by atoms with E-state index in [0.717, 1.165) is 41.9 Å². The smallest absolute Gasteiger partial charge is 0.121 e. The first-order chi connectivity index (χ1) is 9.53. The van der Waals surface area contributed by atoms with Crippen LogP contribution in [0.15, 0.2) is 18.2 Å². The molecule has 1 heterocycles. The van der Waals surface area contributed by atoms with Crippen LogP contribution >= 0.6 is 11.6 Å². The number of nitrogens with zero attached hydrogens (tertiary/aromatic N) is 2. The molecule has 0 amide bonds. The van der Waals surface area contributed by atoms with Crippen molar-refractivity contribution in [1.82, 2.24) is 9.55 Å². The van der Waals surface area contributed by atoms with E-state index in [1.807, 2.05) is 12.1 Å². The highest BCUT2D eigenvalue weighted by Crippen LogP contribution is 2.31. The molecule has 3 nitrogen and oxygen atoms in total. The SMILES string of the molecule is CCCC(C)(C)n1c(CCCl)nc2ccc(OC)cc21. The van der Waals surface area contributed by atoms with Crippen LogP contribution < -0.4 is 4.74 Å². The first-order valence-electron chi connectivity index (χ1n) is 7.15. The number of ether oxygens (including phenoxy) is 1. The highest BCUT2D eigenvalue weighted by molar-refractivity contribution is 6.17. The molecule has 110 valence electrons. The lowest BCUT2D eigenvalue weighted by atomic mass is 9.97. The fourth-order valence-electron chi connectivity index (χ4n) is 2.88. The van der Waals surface area contributed by atoms with Gasteiger partial charge in [-0.05, 0) is 32.4 Å². The molecule has 0 atom stereocenters. The van der Waals surface area contributed by atoms with E-state index in [9.17, 15) is 0 Å². The number of hydrogen-bond acceptors (Lipinski definition) is 2. The summed E-state index contributed by atoms with van der Waals surface area (Å²) < 4.78 is 7.68. The van der Waals surface area contributed by atoms with Crippen LogP contribution in [-0.4, -0.2) is 22.5 Å². The zero-order valence-corrected chi connectivity index (χ0v) is 13.5. The number of aromatic nitrogens is 2. The van der Waals surface area contributed by atoms with Crippen molar-refractivity contribution in [2.75, 3.05) is 13.0 Å². The van der Waals surface area contributed by atoms with E-state index in [1.54, 1.807) is 7.11 Å². The summed E-state index contributed by atoms with van der Waals surface area (Å²) in [5, 5.41) is 0. The Hall–Kier alpha value is -1.22. The lowest BCUT2D eigenvalue weighted by Gasteiger charge is -2.29. The number of imidazole rings is 1. The molecule has 1 aromatic carbocycles. The number of rotatable bonds is 6. The van der Waals surface area contributed by atoms with E-state index in [-0.39, 0.29) is 5.54 Å². The Kier molecular flexibility index (Phi) is 4.59. The topological polar surface area (TPSA) is 27.1 Å². The summed E-state index contributed by atoms with van der Waals surface area (Å²) in [5.74, 6) is 2.51. The van der Waals surface area contributed by atoms with E-state index in [0.29, 0.717) is 5.88 Å². The molecule has 4 heteroatoms. The summed E-state index contributed by atoms with van der Waals surface area (Å²) in [4.78, 5) is 4.75. The molecular weight excluding hydrogens is 272 g/mol. The molecule has 0 fully saturated rings. The monoisotopic (exact) mass is 294 g/mol. The summed E-state index contributed by atoms with van der Waals surface area (Å²) in [7, 11) is 1.69. The van der Waals surface area contributed by atoms with Gasteiger partial charge in [0, 0.05) is 23.9 Å². The van der Waals surface area contributed by atoms with Crippen molar-refractivity contribution in [2.45, 2.75) is 45.6 Å². The zero-order chi connectivity index (χ0) is 14.8. The van der Waals surface area contributed by atoms with Crippen LogP contribution in [0.1, 0.15) is 39.4 Å². The molecular formula is C16H23ClN2O. The predicted molar refractivity (Wildman–Crippen MR) is 84.9 cm³/mol. The number of hydrogen-bond donors (Lipinski definition) is 0. The molecule has 0 aliphatic heterocycles. The Morgan fingerprint density at radius 3 is 2.70 bits per heavy atom. The van der Waals surface area contributed by atoms with Gasteiger partial charge in [-0.1, -0.05) is 13.3 Å². The second-order valence-corrected chi connectivity index (χ2v) is 6.10. The van der Waals surface area contributed by atoms with Gasteiger partial charge in [0.1, 0.15) is 11.6 Å². The number of benzene rings is 1. The first-order valence-corrected chi connectivity index (χ1v) is 7.68. The molecule has 2 aromatic rings. The number of halogens is 1. The van der Waals surface area contributed by atoms with Crippen LogP contribution in [0.2, 0.25) is 0 Å². The summed E-state index contributed by atoms with van der Waals surface area (Å²) in [6.07, 6.45) is 3.02. The van der Waals surface area contributed by atoms with Crippen molar-refractivity contribution < 1.29 is 4.74 Å². The minimum atomic E-state index is 0.0251. The minimum Gasteiger partial charge on any atom is -0.497 e. The molecule has 0 N–H and O–H groups in total. The Balaban J connectivity index is 2.65. The van der Waals surface area contributed by atoms with Crippen LogP contribution in [-0.2, 0) is 12.0 Å². The Labute approximate surface area is 125 Å². The van der Waals surface area contributed by atoms with Crippen LogP contribution in [0.25, 0.3) is 11.0 Å². The highest BCUT2D eigenvalue weighted by atomic mass is 35.5. The third kappa shape index (κ3) is 2.78. The summed E-state index contributed by atoms with van der Waals surface area (Å²) in [6, 6.07) is 6.04. The maximum absolute atomic E-state index is 5.94. The average Bonchev–Trinajstić information content (AvgIpc) is 2.76. The maximum Gasteiger partial charge on any atom is 0.121 e. The second kappa shape index (κ2) is 6.04. The van der Waals surface area contributed by atoms with Crippen molar-refractivity contribution in [1.29, 1.82) is 0 Å². The van der Waals surface area contributed by atoms with Crippen molar-refractivity contribution in [2.24, 2.45) is 0 Å². The molecule has 0 saturated heterocycles. The van der Waals surface area contributed by atoms with Gasteiger partial charge < -0.3 is 9.30 Å². The van der Waals surface area contributed by atoms with E-state index in [2.05, 4.69) is 31.4 Å². The van der Waals surface area contributed by atoms with Gasteiger partial charge in [-0.2, -0.15) is 0 Å². The molecule has 0 bridgehead atoms. The predicted octanol–water partition coefficient (Wildman–Crippen LogP) is 4.36. The third-order valence-corrected chi connectivity index (χ3v) is 3.91. The zero-order valence-electron chi connectivity index (χ0n) is 12.7. The number of aryl methyl sites for hydroxylation is 1. The van der Waals surface area contributed by atoms with Crippen molar-refractivity contribution in [3.8, 4) is 5.75 Å². The number of methoxy groups -OCH3 is 1. The van der Waals surface area contributed by atoms with Crippen LogP contribution in [0.5, 0.6) is 5.75 Å². The Bertz CT molecular complexity index is 589. The summed E-state index contributed by atoms with van der Waals surface area (Å²) >= 11 is 5.94. The van der Waals surface area contributed by atoms with Crippen LogP contribution in [0, 0.1) is 0 Å². The molecule has 0 saturated carbocycles. The summed E-state index contributed by atoms with van der Waals surface area (Å²) in [6.45, 7) is 6.73. The average molecular weight is 295 g/mol. The standard InChI is InChI=1S/C16H23ClN2O/c1-5-9-16(2,3)19-14-11-12(20-4)6-7-13(14)18-15(19)8-10-17/h6-7,11H,5,8-10H2,1-4H3. The maximum atomic E-state index is 5.94. The third-order valence-electron chi connectivity index (χ3n) is 3.72. The highest BCUT2D eigenvalue weighted by Gasteiger charge is 2.25. The lowest BCUT2D eigenvalue weighted by Crippen LogP contribution is -2.28. The number of alkyl halides is 1. The molecule has 0 aliphatic rings. The summed E-state index contributed by atoms with van der Waals surface area (Å²) in [5.41, 5.74) is 2.16. The Morgan fingerprint density at radius 1 is 1.35 bits per heavy atom. The largest absolute Gasteiger partial charge is 0.497 e. The van der Waals surface area contributed by atoms with Gasteiger partial charge >= 0.3 is 0 Å². The Morgan fingerprint density at radius 2 is 2.10 bits per heavy atom. The van der Waals surface area contributed by atoms with E-state index in [1.165, 1.54) is 0 Å². The molecule has 0 unspecified atom stereocenters. The van der Waals surface area contributed by atoms with Crippen LogP contribution in [0.3, 0.4) is 0 Å². The second-order valence-electron chi connectivity index (χ2n) is 5.72. The van der Waals surface area contributed by atoms with Gasteiger partial charge in [0.25, 0.3) is 0 Å². The van der Waals surface area contributed by atoms with E-state index >= 15 is 0 Å². The van der Waals surface area contributed by atoms with Crippen molar-refractivity contribution in [3.05, 3.63) is 24.0 Å². The van der Waals surface area contributed by atoms with Crippen molar-refractivity contribution in [3.63, 3.8) is 0 Å². The van der Waals surface area contributed by atoms with E-state index < -0.39 is 0 Å². The van der Waals surface area contributed by atoms with Crippen molar-refractivity contribution >= 4 is 22.6 Å². The van der Waals surface area contributed by atoms with Gasteiger partial charge in [-0.25, -0.2) is 4.98 Å². The van der Waals surface area contributed by atoms with Gasteiger partial charge in [-0.15, -0.1) is 11.6 Å². The quantitative estimate of drug-likeness (QED) is 0.740. The minimum absolute atomic E-state index is 0.0251. The lowest BCUT2D eigenvalue weighted by molar-refractivity contribution is 0.324.